The Morgan fingerprint density at radius 3 is 3.00 bits per heavy atom. The Bertz CT molecular complexity index is 299. The van der Waals surface area contributed by atoms with Gasteiger partial charge in [0, 0.05) is 25.6 Å². The fourth-order valence-electron chi connectivity index (χ4n) is 2.14. The van der Waals surface area contributed by atoms with E-state index in [1.165, 1.54) is 0 Å². The van der Waals surface area contributed by atoms with Crippen molar-refractivity contribution in [2.45, 2.75) is 38.8 Å². The first-order valence-electron chi connectivity index (χ1n) is 6.45. The van der Waals surface area contributed by atoms with Gasteiger partial charge in [-0.2, -0.15) is 0 Å². The van der Waals surface area contributed by atoms with Gasteiger partial charge in [-0.3, -0.25) is 9.69 Å². The van der Waals surface area contributed by atoms with Crippen LogP contribution in [0.15, 0.2) is 0 Å². The molecule has 6 heteroatoms. The summed E-state index contributed by atoms with van der Waals surface area (Å²) in [6.45, 7) is 6.62. The number of nitrogens with zero attached hydrogens (tertiary/aromatic N) is 1. The van der Waals surface area contributed by atoms with Crippen molar-refractivity contribution in [2.75, 3.05) is 26.3 Å². The molecule has 0 aromatic carbocycles. The highest BCUT2D eigenvalue weighted by Gasteiger charge is 2.32. The van der Waals surface area contributed by atoms with E-state index in [1.54, 1.807) is 0 Å². The molecule has 18 heavy (non-hydrogen) atoms. The minimum absolute atomic E-state index is 0.0336. The van der Waals surface area contributed by atoms with Crippen LogP contribution in [0.2, 0.25) is 0 Å². The van der Waals surface area contributed by atoms with E-state index < -0.39 is 0 Å². The number of carbonyl (C=O) groups is 1. The van der Waals surface area contributed by atoms with Crippen LogP contribution in [0.4, 0.5) is 0 Å². The summed E-state index contributed by atoms with van der Waals surface area (Å²) >= 11 is 4.93. The monoisotopic (exact) mass is 273 g/mol. The lowest BCUT2D eigenvalue weighted by Crippen LogP contribution is -2.57. The van der Waals surface area contributed by atoms with Crippen molar-refractivity contribution in [2.24, 2.45) is 5.73 Å². The number of nitrogens with one attached hydrogen (secondary N) is 1. The number of hydrogen-bond donors (Lipinski definition) is 2. The van der Waals surface area contributed by atoms with Gasteiger partial charge in [-0.05, 0) is 13.3 Å². The van der Waals surface area contributed by atoms with Crippen molar-refractivity contribution < 1.29 is 9.53 Å². The normalized spacial score (nSPS) is 22.4. The second-order valence-electron chi connectivity index (χ2n) is 4.64. The summed E-state index contributed by atoms with van der Waals surface area (Å²) in [6, 6.07) is -0.0570. The highest BCUT2D eigenvalue weighted by Crippen LogP contribution is 2.14. The largest absolute Gasteiger partial charge is 0.393 e. The predicted octanol–water partition coefficient (Wildman–Crippen LogP) is 0.278. The van der Waals surface area contributed by atoms with Gasteiger partial charge >= 0.3 is 0 Å². The molecule has 0 bridgehead atoms. The van der Waals surface area contributed by atoms with Crippen LogP contribution in [0.3, 0.4) is 0 Å². The second-order valence-corrected chi connectivity index (χ2v) is 5.16. The smallest absolute Gasteiger partial charge is 0.239 e. The van der Waals surface area contributed by atoms with Crippen LogP contribution in [0.1, 0.15) is 26.7 Å². The van der Waals surface area contributed by atoms with E-state index in [1.807, 2.05) is 13.8 Å². The van der Waals surface area contributed by atoms with Gasteiger partial charge in [-0.1, -0.05) is 19.1 Å². The summed E-state index contributed by atoms with van der Waals surface area (Å²) in [5.74, 6) is 0.0336. The van der Waals surface area contributed by atoms with E-state index in [9.17, 15) is 4.79 Å². The van der Waals surface area contributed by atoms with Crippen LogP contribution in [-0.2, 0) is 9.53 Å². The van der Waals surface area contributed by atoms with Crippen LogP contribution in [0, 0.1) is 0 Å². The van der Waals surface area contributed by atoms with Gasteiger partial charge in [0.15, 0.2) is 0 Å². The van der Waals surface area contributed by atoms with Crippen LogP contribution in [-0.4, -0.2) is 54.2 Å². The zero-order chi connectivity index (χ0) is 13.5. The molecule has 0 saturated carbocycles. The Labute approximate surface area is 114 Å². The Morgan fingerprint density at radius 1 is 1.67 bits per heavy atom. The third-order valence-electron chi connectivity index (χ3n) is 3.08. The maximum absolute atomic E-state index is 12.1. The van der Waals surface area contributed by atoms with E-state index in [4.69, 9.17) is 22.7 Å². The maximum Gasteiger partial charge on any atom is 0.239 e. The lowest BCUT2D eigenvalue weighted by atomic mass is 10.1. The summed E-state index contributed by atoms with van der Waals surface area (Å²) in [4.78, 5) is 14.7. The summed E-state index contributed by atoms with van der Waals surface area (Å²) in [7, 11) is 0. The molecule has 1 rings (SSSR count). The number of nitrogens with two attached hydrogens (primary N) is 1. The highest BCUT2D eigenvalue weighted by molar-refractivity contribution is 7.80. The Balaban J connectivity index is 2.61. The predicted molar refractivity (Wildman–Crippen MR) is 75.5 cm³/mol. The minimum Gasteiger partial charge on any atom is -0.393 e. The standard InChI is InChI=1S/C12H23N3O2S/c1-3-4-14-12(16)10-8-17-6-5-15(10)9(2)7-11(13)18/h9-10H,3-8H2,1-2H3,(H2,13,18)(H,14,16). The van der Waals surface area contributed by atoms with Crippen molar-refractivity contribution in [3.63, 3.8) is 0 Å². The summed E-state index contributed by atoms with van der Waals surface area (Å²) in [6.07, 6.45) is 1.56. The minimum atomic E-state index is -0.227. The first kappa shape index (κ1) is 15.3. The van der Waals surface area contributed by atoms with Crippen LogP contribution in [0.5, 0.6) is 0 Å². The molecule has 1 heterocycles. The number of morpholine rings is 1. The third kappa shape index (κ3) is 4.51. The molecule has 0 radical (unpaired) electrons. The number of hydrogen-bond acceptors (Lipinski definition) is 4. The lowest BCUT2D eigenvalue weighted by molar-refractivity contribution is -0.134. The van der Waals surface area contributed by atoms with Gasteiger partial charge in [-0.25, -0.2) is 0 Å². The Hall–Kier alpha value is -0.720. The fraction of sp³-hybridized carbons (Fsp3) is 0.833. The molecular weight excluding hydrogens is 250 g/mol. The van der Waals surface area contributed by atoms with Gasteiger partial charge < -0.3 is 15.8 Å². The number of thiocarbonyl (C=S) groups is 1. The number of amides is 1. The topological polar surface area (TPSA) is 67.6 Å². The van der Waals surface area contributed by atoms with Crippen molar-refractivity contribution in [1.29, 1.82) is 0 Å². The third-order valence-corrected chi connectivity index (χ3v) is 3.25. The SMILES string of the molecule is CCCNC(=O)C1COCCN1C(C)CC(N)=S. The maximum atomic E-state index is 12.1. The molecule has 1 aliphatic rings. The first-order valence-corrected chi connectivity index (χ1v) is 6.86. The number of rotatable bonds is 6. The van der Waals surface area contributed by atoms with Crippen molar-refractivity contribution >= 4 is 23.1 Å². The fourth-order valence-corrected chi connectivity index (χ4v) is 2.39. The van der Waals surface area contributed by atoms with Gasteiger partial charge in [0.2, 0.25) is 5.91 Å². The van der Waals surface area contributed by atoms with Crippen molar-refractivity contribution in [3.8, 4) is 0 Å². The van der Waals surface area contributed by atoms with E-state index in [0.717, 1.165) is 13.0 Å². The van der Waals surface area contributed by atoms with Crippen molar-refractivity contribution in [1.82, 2.24) is 10.2 Å². The average Bonchev–Trinajstić information content (AvgIpc) is 2.35. The van der Waals surface area contributed by atoms with Crippen molar-refractivity contribution in [3.05, 3.63) is 0 Å². The quantitative estimate of drug-likeness (QED) is 0.680. The van der Waals surface area contributed by atoms with Crippen LogP contribution in [0.25, 0.3) is 0 Å². The molecule has 104 valence electrons. The molecule has 2 unspecified atom stereocenters. The molecule has 0 aromatic heterocycles. The van der Waals surface area contributed by atoms with E-state index in [2.05, 4.69) is 10.2 Å². The summed E-state index contributed by atoms with van der Waals surface area (Å²) in [5.41, 5.74) is 5.57. The average molecular weight is 273 g/mol. The molecular formula is C12H23N3O2S. The van der Waals surface area contributed by atoms with E-state index in [-0.39, 0.29) is 18.0 Å². The molecule has 5 nitrogen and oxygen atoms in total. The van der Waals surface area contributed by atoms with Gasteiger partial charge in [0.05, 0.1) is 18.2 Å². The molecule has 1 aliphatic heterocycles. The number of ether oxygens (including phenoxy) is 1. The number of carbonyl (C=O) groups excluding carboxylic acids is 1. The molecule has 0 aliphatic carbocycles. The molecule has 2 atom stereocenters. The van der Waals surface area contributed by atoms with E-state index >= 15 is 0 Å². The summed E-state index contributed by atoms with van der Waals surface area (Å²) in [5, 5.41) is 2.92. The van der Waals surface area contributed by atoms with Gasteiger partial charge in [0.1, 0.15) is 6.04 Å². The molecule has 0 aromatic rings. The Morgan fingerprint density at radius 2 is 2.39 bits per heavy atom. The Kier molecular flexibility index (Phi) is 6.52. The lowest BCUT2D eigenvalue weighted by Gasteiger charge is -2.38. The summed E-state index contributed by atoms with van der Waals surface area (Å²) < 4.78 is 5.40. The molecule has 1 amide bonds. The molecule has 1 fully saturated rings. The molecule has 1 saturated heterocycles. The van der Waals surface area contributed by atoms with Crippen LogP contribution >= 0.6 is 12.2 Å². The zero-order valence-corrected chi connectivity index (χ0v) is 12.0. The molecule has 0 spiro atoms. The zero-order valence-electron chi connectivity index (χ0n) is 11.1. The first-order chi connectivity index (χ1) is 8.56. The van der Waals surface area contributed by atoms with Crippen LogP contribution < -0.4 is 11.1 Å². The molecule has 3 N–H and O–H groups in total. The second kappa shape index (κ2) is 7.66. The van der Waals surface area contributed by atoms with E-state index in [0.29, 0.717) is 31.2 Å². The highest BCUT2D eigenvalue weighted by atomic mass is 32.1. The van der Waals surface area contributed by atoms with Gasteiger partial charge in [0.25, 0.3) is 0 Å². The van der Waals surface area contributed by atoms with Gasteiger partial charge in [-0.15, -0.1) is 0 Å².